The quantitative estimate of drug-likeness (QED) is 0.733. The van der Waals surface area contributed by atoms with E-state index in [2.05, 4.69) is 47.8 Å². The SMILES string of the molecule is c1ccc([Te]c2cccs2)cc1. The van der Waals surface area contributed by atoms with Crippen LogP contribution in [-0.4, -0.2) is 20.9 Å². The number of rotatable bonds is 2. The molecule has 0 radical (unpaired) electrons. The van der Waals surface area contributed by atoms with Gasteiger partial charge in [-0.2, -0.15) is 0 Å². The topological polar surface area (TPSA) is 0 Å². The molecule has 60 valence electrons. The Hall–Kier alpha value is -0.290. The fourth-order valence-corrected chi connectivity index (χ4v) is 4.87. The predicted molar refractivity (Wildman–Crippen MR) is 55.8 cm³/mol. The van der Waals surface area contributed by atoms with Gasteiger partial charge in [0.1, 0.15) is 0 Å². The van der Waals surface area contributed by atoms with Crippen LogP contribution in [0.3, 0.4) is 0 Å². The van der Waals surface area contributed by atoms with Crippen molar-refractivity contribution in [2.45, 2.75) is 0 Å². The number of hydrogen-bond acceptors (Lipinski definition) is 1. The van der Waals surface area contributed by atoms with Crippen molar-refractivity contribution in [3.8, 4) is 0 Å². The fraction of sp³-hybridized carbons (Fsp3) is 0. The van der Waals surface area contributed by atoms with Crippen LogP contribution >= 0.6 is 11.3 Å². The second-order valence-corrected chi connectivity index (χ2v) is 7.29. The molecule has 0 saturated carbocycles. The van der Waals surface area contributed by atoms with E-state index in [1.807, 2.05) is 11.3 Å². The summed E-state index contributed by atoms with van der Waals surface area (Å²) < 4.78 is 3.08. The van der Waals surface area contributed by atoms with Gasteiger partial charge in [-0.05, 0) is 0 Å². The van der Waals surface area contributed by atoms with Gasteiger partial charge in [-0.25, -0.2) is 0 Å². The first-order valence-electron chi connectivity index (χ1n) is 3.71. The third-order valence-corrected chi connectivity index (χ3v) is 5.91. The van der Waals surface area contributed by atoms with Gasteiger partial charge in [0.25, 0.3) is 0 Å². The zero-order valence-electron chi connectivity index (χ0n) is 6.44. The molecule has 0 aliphatic carbocycles. The summed E-state index contributed by atoms with van der Waals surface area (Å²) in [4.78, 5) is 0. The van der Waals surface area contributed by atoms with E-state index < -0.39 is 0 Å². The first-order valence-corrected chi connectivity index (χ1v) is 6.92. The molecule has 2 heteroatoms. The average molecular weight is 288 g/mol. The third kappa shape index (κ3) is 2.10. The van der Waals surface area contributed by atoms with Crippen LogP contribution in [0.4, 0.5) is 0 Å². The molecule has 12 heavy (non-hydrogen) atoms. The molecule has 0 amide bonds. The van der Waals surface area contributed by atoms with Crippen LogP contribution in [0.1, 0.15) is 0 Å². The predicted octanol–water partition coefficient (Wildman–Crippen LogP) is 1.40. The first kappa shape index (κ1) is 8.31. The van der Waals surface area contributed by atoms with Crippen LogP contribution in [0.2, 0.25) is 0 Å². The molecule has 0 spiro atoms. The molecule has 0 aliphatic heterocycles. The van der Waals surface area contributed by atoms with Crippen molar-refractivity contribution < 1.29 is 0 Å². The van der Waals surface area contributed by atoms with Gasteiger partial charge in [0.2, 0.25) is 0 Å². The Labute approximate surface area is 86.3 Å². The molecular weight excluding hydrogens is 280 g/mol. The Bertz CT molecular complexity index is 326. The van der Waals surface area contributed by atoms with Crippen molar-refractivity contribution in [1.29, 1.82) is 0 Å². The van der Waals surface area contributed by atoms with E-state index in [1.54, 1.807) is 2.93 Å². The van der Waals surface area contributed by atoms with Crippen LogP contribution in [0.25, 0.3) is 0 Å². The molecule has 2 rings (SSSR count). The Morgan fingerprint density at radius 2 is 1.75 bits per heavy atom. The normalized spacial score (nSPS) is 10.0. The summed E-state index contributed by atoms with van der Waals surface area (Å²) in [7, 11) is 0. The summed E-state index contributed by atoms with van der Waals surface area (Å²) in [5, 5.41) is 2.16. The van der Waals surface area contributed by atoms with E-state index in [9.17, 15) is 0 Å². The van der Waals surface area contributed by atoms with E-state index >= 15 is 0 Å². The molecule has 0 saturated heterocycles. The minimum atomic E-state index is -0.0939. The Morgan fingerprint density at radius 3 is 2.42 bits per heavy atom. The Morgan fingerprint density at radius 1 is 0.917 bits per heavy atom. The van der Waals surface area contributed by atoms with E-state index in [0.29, 0.717) is 0 Å². The molecule has 0 nitrogen and oxygen atoms in total. The van der Waals surface area contributed by atoms with Gasteiger partial charge in [0.15, 0.2) is 0 Å². The van der Waals surface area contributed by atoms with Gasteiger partial charge in [-0.1, -0.05) is 0 Å². The summed E-state index contributed by atoms with van der Waals surface area (Å²) >= 11 is 1.78. The molecule has 0 fully saturated rings. The molecule has 1 aromatic heterocycles. The molecule has 0 aliphatic rings. The van der Waals surface area contributed by atoms with Gasteiger partial charge in [-0.3, -0.25) is 0 Å². The zero-order valence-corrected chi connectivity index (χ0v) is 9.58. The molecule has 0 N–H and O–H groups in total. The monoisotopic (exact) mass is 290 g/mol. The fourth-order valence-electron chi connectivity index (χ4n) is 0.926. The van der Waals surface area contributed by atoms with Crippen LogP contribution in [0, 0.1) is 0 Å². The van der Waals surface area contributed by atoms with Crippen molar-refractivity contribution >= 4 is 38.8 Å². The van der Waals surface area contributed by atoms with Gasteiger partial charge in [-0.15, -0.1) is 0 Å². The molecule has 1 heterocycles. The Balaban J connectivity index is 2.15. The second-order valence-electron chi connectivity index (χ2n) is 2.35. The molecular formula is C10H8STe. The second kappa shape index (κ2) is 4.09. The van der Waals surface area contributed by atoms with Crippen molar-refractivity contribution in [1.82, 2.24) is 0 Å². The average Bonchev–Trinajstić information content (AvgIpc) is 2.59. The van der Waals surface area contributed by atoms with Gasteiger partial charge >= 0.3 is 86.6 Å². The van der Waals surface area contributed by atoms with Crippen molar-refractivity contribution in [3.05, 3.63) is 47.8 Å². The Kier molecular flexibility index (Phi) is 2.83. The summed E-state index contributed by atoms with van der Waals surface area (Å²) in [6.07, 6.45) is 0. The first-order chi connectivity index (χ1) is 5.95. The van der Waals surface area contributed by atoms with Crippen LogP contribution in [-0.2, 0) is 0 Å². The summed E-state index contributed by atoms with van der Waals surface area (Å²) in [5.74, 6) is 0. The maximum absolute atomic E-state index is 2.24. The van der Waals surface area contributed by atoms with E-state index in [-0.39, 0.29) is 20.9 Å². The maximum atomic E-state index is 2.24. The molecule has 2 aromatic rings. The van der Waals surface area contributed by atoms with E-state index in [1.165, 1.54) is 3.61 Å². The number of hydrogen-bond donors (Lipinski definition) is 0. The summed E-state index contributed by atoms with van der Waals surface area (Å²) in [6, 6.07) is 15.1. The standard InChI is InChI=1S/C10H8STe/c1-2-5-9(6-3-1)12-10-7-4-8-11-10/h1-8H. The van der Waals surface area contributed by atoms with Gasteiger partial charge in [0, 0.05) is 0 Å². The van der Waals surface area contributed by atoms with Crippen molar-refractivity contribution in [3.63, 3.8) is 0 Å². The van der Waals surface area contributed by atoms with Gasteiger partial charge in [0.05, 0.1) is 0 Å². The van der Waals surface area contributed by atoms with Crippen molar-refractivity contribution in [2.24, 2.45) is 0 Å². The molecule has 1 aromatic carbocycles. The van der Waals surface area contributed by atoms with Crippen molar-refractivity contribution in [2.75, 3.05) is 0 Å². The van der Waals surface area contributed by atoms with E-state index in [0.717, 1.165) is 0 Å². The molecule has 0 unspecified atom stereocenters. The van der Waals surface area contributed by atoms with E-state index in [4.69, 9.17) is 0 Å². The third-order valence-electron chi connectivity index (χ3n) is 1.46. The molecule has 0 atom stereocenters. The minimum absolute atomic E-state index is 0.0939. The zero-order chi connectivity index (χ0) is 8.23. The van der Waals surface area contributed by atoms with Crippen LogP contribution in [0.5, 0.6) is 0 Å². The number of thiophene rings is 1. The number of benzene rings is 1. The summed E-state index contributed by atoms with van der Waals surface area (Å²) in [6.45, 7) is 0. The molecule has 0 bridgehead atoms. The summed E-state index contributed by atoms with van der Waals surface area (Å²) in [5.41, 5.74) is 0. The van der Waals surface area contributed by atoms with Crippen LogP contribution in [0.15, 0.2) is 47.8 Å². The van der Waals surface area contributed by atoms with Gasteiger partial charge < -0.3 is 0 Å². The van der Waals surface area contributed by atoms with Crippen LogP contribution < -0.4 is 6.54 Å².